The average Bonchev–Trinajstić information content (AvgIpc) is 3.10. The summed E-state index contributed by atoms with van der Waals surface area (Å²) in [7, 11) is 1.64. The van der Waals surface area contributed by atoms with Crippen LogP contribution in [0.25, 0.3) is 0 Å². The van der Waals surface area contributed by atoms with Crippen molar-refractivity contribution in [2.45, 2.75) is 25.5 Å². The molecule has 6 nitrogen and oxygen atoms in total. The van der Waals surface area contributed by atoms with E-state index < -0.39 is 0 Å². The van der Waals surface area contributed by atoms with E-state index in [1.807, 2.05) is 33.8 Å². The van der Waals surface area contributed by atoms with Crippen molar-refractivity contribution < 1.29 is 9.53 Å². The molecule has 0 radical (unpaired) electrons. The second-order valence-corrected chi connectivity index (χ2v) is 5.51. The molecule has 1 fully saturated rings. The number of hydrogen-bond donors (Lipinski definition) is 0. The molecule has 0 N–H and O–H groups in total. The Morgan fingerprint density at radius 1 is 1.41 bits per heavy atom. The van der Waals surface area contributed by atoms with Crippen LogP contribution in [0, 0.1) is 0 Å². The minimum absolute atomic E-state index is 0.0671. The molecule has 1 amide bonds. The number of aromatic nitrogens is 3. The first-order valence-electron chi connectivity index (χ1n) is 7.50. The third-order valence-corrected chi connectivity index (χ3v) is 4.04. The summed E-state index contributed by atoms with van der Waals surface area (Å²) < 4.78 is 7.04. The molecule has 6 heteroatoms. The van der Waals surface area contributed by atoms with Crippen LogP contribution in [-0.2, 0) is 11.3 Å². The summed E-state index contributed by atoms with van der Waals surface area (Å²) in [5, 5.41) is 4.20. The van der Waals surface area contributed by atoms with Crippen molar-refractivity contribution in [1.29, 1.82) is 0 Å². The average molecular weight is 300 g/mol. The van der Waals surface area contributed by atoms with Crippen molar-refractivity contribution in [3.8, 4) is 0 Å². The van der Waals surface area contributed by atoms with E-state index in [1.165, 1.54) is 6.33 Å². The summed E-state index contributed by atoms with van der Waals surface area (Å²) in [5.41, 5.74) is 1.65. The van der Waals surface area contributed by atoms with Gasteiger partial charge in [-0.15, -0.1) is 0 Å². The summed E-state index contributed by atoms with van der Waals surface area (Å²) in [6.07, 6.45) is 5.25. The Kier molecular flexibility index (Phi) is 4.48. The molecule has 1 saturated heterocycles. The van der Waals surface area contributed by atoms with Gasteiger partial charge in [-0.25, -0.2) is 9.67 Å². The number of methoxy groups -OCH3 is 1. The fourth-order valence-corrected chi connectivity index (χ4v) is 2.94. The van der Waals surface area contributed by atoms with Crippen molar-refractivity contribution in [3.05, 3.63) is 48.0 Å². The SMILES string of the molecule is COCc1ccccc1C(=O)N1CCC[C@H](n2cncn2)C1. The Labute approximate surface area is 129 Å². The molecule has 0 unspecified atom stereocenters. The number of piperidine rings is 1. The Bertz CT molecular complexity index is 627. The number of rotatable bonds is 4. The molecular formula is C16H20N4O2. The van der Waals surface area contributed by atoms with Gasteiger partial charge in [-0.1, -0.05) is 18.2 Å². The van der Waals surface area contributed by atoms with Crippen molar-refractivity contribution >= 4 is 5.91 Å². The number of hydrogen-bond acceptors (Lipinski definition) is 4. The van der Waals surface area contributed by atoms with E-state index in [9.17, 15) is 4.79 Å². The Hall–Kier alpha value is -2.21. The van der Waals surface area contributed by atoms with Gasteiger partial charge in [-0.05, 0) is 24.5 Å². The molecule has 3 rings (SSSR count). The third-order valence-electron chi connectivity index (χ3n) is 4.04. The van der Waals surface area contributed by atoms with Crippen molar-refractivity contribution in [1.82, 2.24) is 19.7 Å². The van der Waals surface area contributed by atoms with Gasteiger partial charge in [0, 0.05) is 25.8 Å². The van der Waals surface area contributed by atoms with Gasteiger partial charge >= 0.3 is 0 Å². The first-order valence-corrected chi connectivity index (χ1v) is 7.50. The van der Waals surface area contributed by atoms with E-state index >= 15 is 0 Å². The van der Waals surface area contributed by atoms with Gasteiger partial charge in [0.15, 0.2) is 0 Å². The largest absolute Gasteiger partial charge is 0.380 e. The van der Waals surface area contributed by atoms with Crippen molar-refractivity contribution in [2.24, 2.45) is 0 Å². The summed E-state index contributed by atoms with van der Waals surface area (Å²) >= 11 is 0. The van der Waals surface area contributed by atoms with Crippen LogP contribution in [0.5, 0.6) is 0 Å². The maximum absolute atomic E-state index is 12.8. The smallest absolute Gasteiger partial charge is 0.254 e. The summed E-state index contributed by atoms with van der Waals surface area (Å²) in [5.74, 6) is 0.0671. The maximum Gasteiger partial charge on any atom is 0.254 e. The van der Waals surface area contributed by atoms with Gasteiger partial charge in [0.1, 0.15) is 12.7 Å². The van der Waals surface area contributed by atoms with Crippen LogP contribution in [-0.4, -0.2) is 45.8 Å². The van der Waals surface area contributed by atoms with Crippen molar-refractivity contribution in [3.63, 3.8) is 0 Å². The second-order valence-electron chi connectivity index (χ2n) is 5.51. The quantitative estimate of drug-likeness (QED) is 0.865. The first-order chi connectivity index (χ1) is 10.8. The van der Waals surface area contributed by atoms with E-state index in [1.54, 1.807) is 13.4 Å². The minimum atomic E-state index is 0.0671. The molecule has 0 spiro atoms. The molecule has 0 bridgehead atoms. The van der Waals surface area contributed by atoms with Crippen LogP contribution >= 0.6 is 0 Å². The van der Waals surface area contributed by atoms with E-state index in [0.717, 1.165) is 30.5 Å². The lowest BCUT2D eigenvalue weighted by molar-refractivity contribution is 0.0668. The van der Waals surface area contributed by atoms with Gasteiger partial charge < -0.3 is 9.64 Å². The van der Waals surface area contributed by atoms with Gasteiger partial charge in [0.2, 0.25) is 0 Å². The normalized spacial score (nSPS) is 18.4. The van der Waals surface area contributed by atoms with Crippen molar-refractivity contribution in [2.75, 3.05) is 20.2 Å². The van der Waals surface area contributed by atoms with Crippen LogP contribution in [0.15, 0.2) is 36.9 Å². The second kappa shape index (κ2) is 6.70. The van der Waals surface area contributed by atoms with E-state index in [0.29, 0.717) is 13.2 Å². The summed E-state index contributed by atoms with van der Waals surface area (Å²) in [4.78, 5) is 18.7. The topological polar surface area (TPSA) is 60.2 Å². The molecule has 116 valence electrons. The Morgan fingerprint density at radius 2 is 2.27 bits per heavy atom. The Balaban J connectivity index is 1.77. The molecule has 1 aliphatic rings. The number of carbonyl (C=O) groups excluding carboxylic acids is 1. The van der Waals surface area contributed by atoms with Gasteiger partial charge in [-0.3, -0.25) is 4.79 Å². The van der Waals surface area contributed by atoms with Crippen LogP contribution in [0.2, 0.25) is 0 Å². The lowest BCUT2D eigenvalue weighted by Crippen LogP contribution is -2.41. The molecule has 0 saturated carbocycles. The number of benzene rings is 1. The lowest BCUT2D eigenvalue weighted by atomic mass is 10.0. The number of ether oxygens (including phenoxy) is 1. The molecule has 1 aliphatic heterocycles. The molecule has 0 aliphatic carbocycles. The molecule has 22 heavy (non-hydrogen) atoms. The standard InChI is InChI=1S/C16H20N4O2/c1-22-10-13-5-2-3-7-15(13)16(21)19-8-4-6-14(9-19)20-12-17-11-18-20/h2-3,5,7,11-12,14H,4,6,8-10H2,1H3/t14-/m0/s1. The molecule has 1 atom stereocenters. The van der Waals surface area contributed by atoms with Crippen LogP contribution in [0.1, 0.15) is 34.8 Å². The zero-order valence-corrected chi connectivity index (χ0v) is 12.7. The van der Waals surface area contributed by atoms with Crippen LogP contribution < -0.4 is 0 Å². The maximum atomic E-state index is 12.8. The fraction of sp³-hybridized carbons (Fsp3) is 0.438. The zero-order chi connectivity index (χ0) is 15.4. The molecular weight excluding hydrogens is 280 g/mol. The number of likely N-dealkylation sites (tertiary alicyclic amines) is 1. The van der Waals surface area contributed by atoms with Crippen LogP contribution in [0.4, 0.5) is 0 Å². The van der Waals surface area contributed by atoms with Crippen LogP contribution in [0.3, 0.4) is 0 Å². The molecule has 2 heterocycles. The Morgan fingerprint density at radius 3 is 3.05 bits per heavy atom. The highest BCUT2D eigenvalue weighted by Gasteiger charge is 2.26. The zero-order valence-electron chi connectivity index (χ0n) is 12.7. The monoisotopic (exact) mass is 300 g/mol. The highest BCUT2D eigenvalue weighted by Crippen LogP contribution is 2.23. The number of carbonyl (C=O) groups is 1. The van der Waals surface area contributed by atoms with Gasteiger partial charge in [-0.2, -0.15) is 5.10 Å². The highest BCUT2D eigenvalue weighted by molar-refractivity contribution is 5.95. The fourth-order valence-electron chi connectivity index (χ4n) is 2.94. The lowest BCUT2D eigenvalue weighted by Gasteiger charge is -2.33. The third kappa shape index (κ3) is 3.01. The van der Waals surface area contributed by atoms with Gasteiger partial charge in [0.05, 0.1) is 12.6 Å². The first kappa shape index (κ1) is 14.7. The van der Waals surface area contributed by atoms with E-state index in [-0.39, 0.29) is 11.9 Å². The predicted molar refractivity (Wildman–Crippen MR) is 81.4 cm³/mol. The number of amides is 1. The summed E-state index contributed by atoms with van der Waals surface area (Å²) in [6, 6.07) is 7.84. The van der Waals surface area contributed by atoms with Gasteiger partial charge in [0.25, 0.3) is 5.91 Å². The summed E-state index contributed by atoms with van der Waals surface area (Å²) in [6.45, 7) is 1.90. The minimum Gasteiger partial charge on any atom is -0.380 e. The molecule has 1 aromatic heterocycles. The predicted octanol–water partition coefficient (Wildman–Crippen LogP) is 1.90. The number of nitrogens with zero attached hydrogens (tertiary/aromatic N) is 4. The van der Waals surface area contributed by atoms with E-state index in [4.69, 9.17) is 4.74 Å². The molecule has 1 aromatic carbocycles. The highest BCUT2D eigenvalue weighted by atomic mass is 16.5. The van der Waals surface area contributed by atoms with E-state index in [2.05, 4.69) is 10.1 Å². The molecule has 2 aromatic rings.